The Balaban J connectivity index is 1.57. The van der Waals surface area contributed by atoms with Gasteiger partial charge in [0, 0.05) is 17.5 Å². The molecule has 7 heteroatoms. The number of furan rings is 1. The topological polar surface area (TPSA) is 92.9 Å². The Morgan fingerprint density at radius 1 is 1.14 bits per heavy atom. The van der Waals surface area contributed by atoms with E-state index in [1.807, 2.05) is 42.3 Å². The molecule has 7 nitrogen and oxygen atoms in total. The number of nitrogens with one attached hydrogen (secondary N) is 2. The summed E-state index contributed by atoms with van der Waals surface area (Å²) in [5, 5.41) is 6.51. The Morgan fingerprint density at radius 2 is 2.00 bits per heavy atom. The van der Waals surface area contributed by atoms with Crippen LogP contribution in [0.5, 0.6) is 0 Å². The third-order valence-corrected chi connectivity index (χ3v) is 4.07. The number of carbonyl (C=O) groups is 1. The summed E-state index contributed by atoms with van der Waals surface area (Å²) in [5.74, 6) is 3.28. The Labute approximate surface area is 160 Å². The number of hydrogen-bond acceptors (Lipinski definition) is 6. The van der Waals surface area contributed by atoms with Gasteiger partial charge in [0.25, 0.3) is 0 Å². The van der Waals surface area contributed by atoms with Crippen LogP contribution >= 0.6 is 0 Å². The number of nitrogens with zero attached hydrogens (tertiary/aromatic N) is 3. The van der Waals surface area contributed by atoms with E-state index in [4.69, 9.17) is 10.8 Å². The van der Waals surface area contributed by atoms with Crippen molar-refractivity contribution >= 4 is 34.1 Å². The average molecular weight is 369 g/mol. The van der Waals surface area contributed by atoms with Crippen molar-refractivity contribution in [3.05, 3.63) is 72.6 Å². The lowest BCUT2D eigenvalue weighted by atomic mass is 10.1. The van der Waals surface area contributed by atoms with Gasteiger partial charge in [0.05, 0.1) is 18.0 Å². The van der Waals surface area contributed by atoms with Crippen molar-refractivity contribution in [2.24, 2.45) is 0 Å². The molecule has 0 bridgehead atoms. The van der Waals surface area contributed by atoms with Crippen molar-refractivity contribution in [3.63, 3.8) is 0 Å². The van der Waals surface area contributed by atoms with E-state index in [0.717, 1.165) is 23.4 Å². The molecule has 0 radical (unpaired) electrons. The van der Waals surface area contributed by atoms with Gasteiger partial charge in [-0.2, -0.15) is 0 Å². The summed E-state index contributed by atoms with van der Waals surface area (Å²) in [4.78, 5) is 24.0. The number of fused-ring (bicyclic) bond motifs is 1. The third-order valence-electron chi connectivity index (χ3n) is 4.07. The van der Waals surface area contributed by atoms with E-state index < -0.39 is 5.91 Å². The predicted octanol–water partition coefficient (Wildman–Crippen LogP) is 3.52. The molecule has 4 aromatic rings. The molecule has 1 aromatic carbocycles. The van der Waals surface area contributed by atoms with Gasteiger partial charge < -0.3 is 9.73 Å². The summed E-state index contributed by atoms with van der Waals surface area (Å²) in [5.41, 5.74) is 2.65. The predicted molar refractivity (Wildman–Crippen MR) is 106 cm³/mol. The molecule has 0 fully saturated rings. The molecule has 0 aliphatic carbocycles. The van der Waals surface area contributed by atoms with Gasteiger partial charge in [-0.3, -0.25) is 10.1 Å². The first kappa shape index (κ1) is 17.2. The van der Waals surface area contributed by atoms with Gasteiger partial charge in [-0.15, -0.1) is 6.42 Å². The molecule has 28 heavy (non-hydrogen) atoms. The largest absolute Gasteiger partial charge is 0.469 e. The molecular formula is C21H15N5O2. The highest BCUT2D eigenvalue weighted by atomic mass is 16.3. The van der Waals surface area contributed by atoms with Crippen LogP contribution < -0.4 is 10.6 Å². The van der Waals surface area contributed by atoms with Crippen LogP contribution in [0.1, 0.15) is 11.3 Å². The second kappa shape index (κ2) is 7.60. The van der Waals surface area contributed by atoms with E-state index in [1.165, 1.54) is 6.33 Å². The molecular weight excluding hydrogens is 354 g/mol. The first-order chi connectivity index (χ1) is 13.7. The number of amides is 1. The van der Waals surface area contributed by atoms with Crippen LogP contribution in [0.4, 0.5) is 17.3 Å². The minimum Gasteiger partial charge on any atom is -0.469 e. The van der Waals surface area contributed by atoms with Gasteiger partial charge >= 0.3 is 5.91 Å². The number of benzene rings is 1. The Kier molecular flexibility index (Phi) is 4.68. The molecule has 136 valence electrons. The van der Waals surface area contributed by atoms with E-state index >= 15 is 0 Å². The van der Waals surface area contributed by atoms with E-state index in [2.05, 4.69) is 25.6 Å². The zero-order valence-electron chi connectivity index (χ0n) is 14.7. The SMILES string of the molecule is C#CC(=O)Nc1cc2c(Nc3ccc(Cc4ccco4)cc3)ncnc2cn1. The van der Waals surface area contributed by atoms with E-state index in [1.54, 1.807) is 18.5 Å². The number of carbonyl (C=O) groups excluding carboxylic acids is 1. The highest BCUT2D eigenvalue weighted by Gasteiger charge is 2.08. The first-order valence-corrected chi connectivity index (χ1v) is 8.48. The van der Waals surface area contributed by atoms with Gasteiger partial charge in [-0.25, -0.2) is 15.0 Å². The average Bonchev–Trinajstić information content (AvgIpc) is 3.23. The Hall–Kier alpha value is -4.18. The number of aromatic nitrogens is 3. The zero-order valence-corrected chi connectivity index (χ0v) is 14.7. The number of pyridine rings is 1. The van der Waals surface area contributed by atoms with Crippen LogP contribution in [0.15, 0.2) is 65.7 Å². The van der Waals surface area contributed by atoms with Crippen LogP contribution in [-0.2, 0) is 11.2 Å². The molecule has 3 aromatic heterocycles. The van der Waals surface area contributed by atoms with Crippen LogP contribution in [-0.4, -0.2) is 20.9 Å². The van der Waals surface area contributed by atoms with E-state index in [9.17, 15) is 4.79 Å². The molecule has 0 unspecified atom stereocenters. The molecule has 0 aliphatic heterocycles. The zero-order chi connectivity index (χ0) is 19.3. The summed E-state index contributed by atoms with van der Waals surface area (Å²) < 4.78 is 5.38. The van der Waals surface area contributed by atoms with Crippen LogP contribution in [0.2, 0.25) is 0 Å². The summed E-state index contributed by atoms with van der Waals surface area (Å²) in [6.07, 6.45) is 10.5. The molecule has 4 rings (SSSR count). The highest BCUT2D eigenvalue weighted by Crippen LogP contribution is 2.25. The van der Waals surface area contributed by atoms with E-state index in [0.29, 0.717) is 22.5 Å². The molecule has 0 saturated carbocycles. The van der Waals surface area contributed by atoms with Crippen molar-refractivity contribution < 1.29 is 9.21 Å². The quantitative estimate of drug-likeness (QED) is 0.523. The fourth-order valence-corrected chi connectivity index (χ4v) is 2.74. The molecule has 0 aliphatic rings. The van der Waals surface area contributed by atoms with Gasteiger partial charge in [0.2, 0.25) is 0 Å². The maximum atomic E-state index is 11.4. The number of rotatable bonds is 5. The molecule has 0 atom stereocenters. The number of anilines is 3. The Bertz CT molecular complexity index is 1160. The maximum Gasteiger partial charge on any atom is 0.301 e. The summed E-state index contributed by atoms with van der Waals surface area (Å²) >= 11 is 0. The van der Waals surface area contributed by atoms with Gasteiger partial charge in [0.15, 0.2) is 0 Å². The lowest BCUT2D eigenvalue weighted by molar-refractivity contribution is -0.111. The van der Waals surface area contributed by atoms with Gasteiger partial charge in [-0.05, 0) is 41.8 Å². The van der Waals surface area contributed by atoms with Crippen LogP contribution in [0.3, 0.4) is 0 Å². The Morgan fingerprint density at radius 3 is 2.75 bits per heavy atom. The number of terminal acetylenes is 1. The lowest BCUT2D eigenvalue weighted by Crippen LogP contribution is -2.09. The minimum absolute atomic E-state index is 0.335. The summed E-state index contributed by atoms with van der Waals surface area (Å²) in [6.45, 7) is 0. The summed E-state index contributed by atoms with van der Waals surface area (Å²) in [7, 11) is 0. The third kappa shape index (κ3) is 3.81. The fraction of sp³-hybridized carbons (Fsp3) is 0.0476. The normalized spacial score (nSPS) is 10.4. The summed E-state index contributed by atoms with van der Waals surface area (Å²) in [6, 6.07) is 13.5. The van der Waals surface area contributed by atoms with Crippen molar-refractivity contribution in [1.82, 2.24) is 15.0 Å². The molecule has 2 N–H and O–H groups in total. The molecule has 3 heterocycles. The van der Waals surface area contributed by atoms with Crippen molar-refractivity contribution in [3.8, 4) is 12.3 Å². The molecule has 0 spiro atoms. The van der Waals surface area contributed by atoms with Crippen LogP contribution in [0, 0.1) is 12.3 Å². The monoisotopic (exact) mass is 369 g/mol. The second-order valence-electron chi connectivity index (χ2n) is 5.99. The van der Waals surface area contributed by atoms with Crippen molar-refractivity contribution in [2.75, 3.05) is 10.6 Å². The molecule has 0 saturated heterocycles. The first-order valence-electron chi connectivity index (χ1n) is 8.48. The van der Waals surface area contributed by atoms with Gasteiger partial charge in [-0.1, -0.05) is 12.1 Å². The smallest absolute Gasteiger partial charge is 0.301 e. The standard InChI is InChI=1S/C21H15N5O2/c1-2-20(27)26-19-11-17-18(12-22-19)23-13-24-21(17)25-15-7-5-14(6-8-15)10-16-4-3-9-28-16/h1,3-9,11-13H,10H2,(H,22,26,27)(H,23,24,25). The lowest BCUT2D eigenvalue weighted by Gasteiger charge is -2.10. The number of hydrogen-bond donors (Lipinski definition) is 2. The highest BCUT2D eigenvalue weighted by molar-refractivity contribution is 6.04. The van der Waals surface area contributed by atoms with Crippen LogP contribution in [0.25, 0.3) is 10.9 Å². The minimum atomic E-state index is -0.564. The maximum absolute atomic E-state index is 11.4. The van der Waals surface area contributed by atoms with E-state index in [-0.39, 0.29) is 0 Å². The van der Waals surface area contributed by atoms with Crippen molar-refractivity contribution in [1.29, 1.82) is 0 Å². The fourth-order valence-electron chi connectivity index (χ4n) is 2.74. The van der Waals surface area contributed by atoms with Crippen molar-refractivity contribution in [2.45, 2.75) is 6.42 Å². The second-order valence-corrected chi connectivity index (χ2v) is 5.99. The van der Waals surface area contributed by atoms with Gasteiger partial charge in [0.1, 0.15) is 23.7 Å². The molecule has 1 amide bonds.